The van der Waals surface area contributed by atoms with Crippen molar-refractivity contribution in [3.63, 3.8) is 0 Å². The molecule has 3 nitrogen and oxygen atoms in total. The van der Waals surface area contributed by atoms with Crippen LogP contribution in [0.5, 0.6) is 0 Å². The summed E-state index contributed by atoms with van der Waals surface area (Å²) in [4.78, 5) is 11.8. The van der Waals surface area contributed by atoms with Crippen LogP contribution in [-0.2, 0) is 11.2 Å². The molecule has 0 radical (unpaired) electrons. The van der Waals surface area contributed by atoms with E-state index in [9.17, 15) is 4.79 Å². The molecule has 0 aromatic heterocycles. The molecule has 1 saturated carbocycles. The van der Waals surface area contributed by atoms with Crippen LogP contribution in [0.15, 0.2) is 24.3 Å². The molecule has 1 amide bonds. The maximum absolute atomic E-state index is 11.8. The number of carbonyl (C=O) groups is 1. The summed E-state index contributed by atoms with van der Waals surface area (Å²) in [7, 11) is 0. The number of carbonyl (C=O) groups excluding carboxylic acids is 1. The Morgan fingerprint density at radius 1 is 1.32 bits per heavy atom. The number of anilines is 1. The molecule has 1 fully saturated rings. The number of nitrogens with one attached hydrogen (secondary N) is 1. The number of ether oxygens (including phenoxy) is 1. The Bertz CT molecular complexity index is 413. The molecule has 0 saturated heterocycles. The number of aryl methyl sites for hydroxylation is 1. The summed E-state index contributed by atoms with van der Waals surface area (Å²) in [6.45, 7) is 4.33. The number of rotatable bonds is 3. The minimum atomic E-state index is -0.330. The van der Waals surface area contributed by atoms with Gasteiger partial charge in [-0.15, -0.1) is 0 Å². The molecule has 0 heterocycles. The van der Waals surface area contributed by atoms with Crippen LogP contribution in [0.4, 0.5) is 10.5 Å². The van der Waals surface area contributed by atoms with Gasteiger partial charge in [0, 0.05) is 5.69 Å². The van der Waals surface area contributed by atoms with Crippen LogP contribution >= 0.6 is 0 Å². The fourth-order valence-electron chi connectivity index (χ4n) is 2.61. The van der Waals surface area contributed by atoms with Gasteiger partial charge in [0.25, 0.3) is 0 Å². The third-order valence-electron chi connectivity index (χ3n) is 3.77. The van der Waals surface area contributed by atoms with Crippen molar-refractivity contribution in [3.8, 4) is 0 Å². The van der Waals surface area contributed by atoms with Gasteiger partial charge in [-0.3, -0.25) is 5.32 Å². The minimum Gasteiger partial charge on any atom is -0.446 e. The lowest BCUT2D eigenvalue weighted by molar-refractivity contribution is 0.0724. The van der Waals surface area contributed by atoms with Crippen molar-refractivity contribution in [1.82, 2.24) is 0 Å². The summed E-state index contributed by atoms with van der Waals surface area (Å²) >= 11 is 0. The molecule has 0 bridgehead atoms. The van der Waals surface area contributed by atoms with Crippen LogP contribution in [0.25, 0.3) is 0 Å². The van der Waals surface area contributed by atoms with Crippen molar-refractivity contribution < 1.29 is 9.53 Å². The second-order valence-corrected chi connectivity index (χ2v) is 5.47. The third-order valence-corrected chi connectivity index (χ3v) is 3.77. The molecule has 19 heavy (non-hydrogen) atoms. The lowest BCUT2D eigenvalue weighted by Gasteiger charge is -2.26. The van der Waals surface area contributed by atoms with Crippen molar-refractivity contribution in [3.05, 3.63) is 29.8 Å². The van der Waals surface area contributed by atoms with Crippen LogP contribution in [-0.4, -0.2) is 12.2 Å². The molecule has 2 atom stereocenters. The van der Waals surface area contributed by atoms with E-state index in [2.05, 4.69) is 19.2 Å². The molecule has 1 aliphatic rings. The van der Waals surface area contributed by atoms with Crippen molar-refractivity contribution >= 4 is 11.8 Å². The Morgan fingerprint density at radius 3 is 2.68 bits per heavy atom. The van der Waals surface area contributed by atoms with E-state index >= 15 is 0 Å². The Balaban J connectivity index is 1.83. The lowest BCUT2D eigenvalue weighted by Crippen LogP contribution is -2.27. The molecular weight excluding hydrogens is 238 g/mol. The smallest absolute Gasteiger partial charge is 0.411 e. The molecule has 1 aromatic rings. The summed E-state index contributed by atoms with van der Waals surface area (Å²) in [6.07, 6.45) is 5.14. The van der Waals surface area contributed by atoms with Crippen molar-refractivity contribution in [1.29, 1.82) is 0 Å². The Kier molecular flexibility index (Phi) is 4.83. The highest BCUT2D eigenvalue weighted by Crippen LogP contribution is 2.26. The van der Waals surface area contributed by atoms with Gasteiger partial charge in [0.1, 0.15) is 6.10 Å². The zero-order chi connectivity index (χ0) is 13.7. The van der Waals surface area contributed by atoms with Crippen molar-refractivity contribution in [2.24, 2.45) is 5.92 Å². The summed E-state index contributed by atoms with van der Waals surface area (Å²) in [5.74, 6) is 0.662. The first-order chi connectivity index (χ1) is 9.17. The predicted molar refractivity (Wildman–Crippen MR) is 77.3 cm³/mol. The van der Waals surface area contributed by atoms with Gasteiger partial charge in [0.15, 0.2) is 0 Å². The first kappa shape index (κ1) is 13.9. The highest BCUT2D eigenvalue weighted by atomic mass is 16.6. The van der Waals surface area contributed by atoms with Crippen LogP contribution < -0.4 is 5.32 Å². The fourth-order valence-corrected chi connectivity index (χ4v) is 2.61. The second-order valence-electron chi connectivity index (χ2n) is 5.47. The standard InChI is InChI=1S/C16H23NO2/c1-3-13-7-9-14(10-8-13)17-16(18)19-15-6-4-5-12(2)11-15/h7-10,12,15H,3-6,11H2,1-2H3,(H,17,18). The highest BCUT2D eigenvalue weighted by molar-refractivity contribution is 5.84. The molecular formula is C16H23NO2. The monoisotopic (exact) mass is 261 g/mol. The van der Waals surface area contributed by atoms with Gasteiger partial charge in [0.05, 0.1) is 0 Å². The zero-order valence-electron chi connectivity index (χ0n) is 11.8. The maximum Gasteiger partial charge on any atom is 0.411 e. The van der Waals surface area contributed by atoms with Crippen molar-refractivity contribution in [2.45, 2.75) is 52.1 Å². The van der Waals surface area contributed by atoms with E-state index in [1.807, 2.05) is 24.3 Å². The first-order valence-electron chi connectivity index (χ1n) is 7.24. The van der Waals surface area contributed by atoms with E-state index < -0.39 is 0 Å². The summed E-state index contributed by atoms with van der Waals surface area (Å²) in [5, 5.41) is 2.79. The predicted octanol–water partition coefficient (Wildman–Crippen LogP) is 4.38. The number of hydrogen-bond acceptors (Lipinski definition) is 2. The molecule has 104 valence electrons. The maximum atomic E-state index is 11.8. The van der Waals surface area contributed by atoms with E-state index in [1.54, 1.807) is 0 Å². The fraction of sp³-hybridized carbons (Fsp3) is 0.562. The molecule has 1 aliphatic carbocycles. The van der Waals surface area contributed by atoms with Gasteiger partial charge in [-0.2, -0.15) is 0 Å². The molecule has 0 aliphatic heterocycles. The van der Waals surface area contributed by atoms with E-state index in [0.717, 1.165) is 31.4 Å². The molecule has 0 spiro atoms. The molecule has 1 aromatic carbocycles. The Morgan fingerprint density at radius 2 is 2.05 bits per heavy atom. The summed E-state index contributed by atoms with van der Waals surface area (Å²) < 4.78 is 5.47. The van der Waals surface area contributed by atoms with Crippen LogP contribution in [0.2, 0.25) is 0 Å². The first-order valence-corrected chi connectivity index (χ1v) is 7.24. The van der Waals surface area contributed by atoms with Gasteiger partial charge in [-0.05, 0) is 49.3 Å². The topological polar surface area (TPSA) is 38.3 Å². The highest BCUT2D eigenvalue weighted by Gasteiger charge is 2.22. The largest absolute Gasteiger partial charge is 0.446 e. The van der Waals surface area contributed by atoms with Gasteiger partial charge in [-0.1, -0.05) is 32.4 Å². The van der Waals surface area contributed by atoms with Crippen LogP contribution in [0, 0.1) is 5.92 Å². The molecule has 3 heteroatoms. The minimum absolute atomic E-state index is 0.0821. The third kappa shape index (κ3) is 4.27. The number of amides is 1. The average Bonchev–Trinajstić information content (AvgIpc) is 2.39. The Labute approximate surface area is 115 Å². The number of hydrogen-bond donors (Lipinski definition) is 1. The van der Waals surface area contributed by atoms with Gasteiger partial charge < -0.3 is 4.74 Å². The van der Waals surface area contributed by atoms with E-state index in [4.69, 9.17) is 4.74 Å². The van der Waals surface area contributed by atoms with Crippen LogP contribution in [0.1, 0.15) is 45.1 Å². The van der Waals surface area contributed by atoms with Gasteiger partial charge in [0.2, 0.25) is 0 Å². The lowest BCUT2D eigenvalue weighted by atomic mass is 9.89. The van der Waals surface area contributed by atoms with E-state index in [1.165, 1.54) is 12.0 Å². The molecule has 1 N–H and O–H groups in total. The molecule has 2 unspecified atom stereocenters. The Hall–Kier alpha value is -1.51. The normalized spacial score (nSPS) is 22.8. The van der Waals surface area contributed by atoms with Crippen molar-refractivity contribution in [2.75, 3.05) is 5.32 Å². The quantitative estimate of drug-likeness (QED) is 0.877. The average molecular weight is 261 g/mol. The zero-order valence-corrected chi connectivity index (χ0v) is 11.8. The summed E-state index contributed by atoms with van der Waals surface area (Å²) in [5.41, 5.74) is 2.06. The molecule has 2 rings (SSSR count). The SMILES string of the molecule is CCc1ccc(NC(=O)OC2CCCC(C)C2)cc1. The van der Waals surface area contributed by atoms with Gasteiger partial charge >= 0.3 is 6.09 Å². The second kappa shape index (κ2) is 6.60. The summed E-state index contributed by atoms with van der Waals surface area (Å²) in [6, 6.07) is 7.89. The van der Waals surface area contributed by atoms with E-state index in [-0.39, 0.29) is 12.2 Å². The van der Waals surface area contributed by atoms with Gasteiger partial charge in [-0.25, -0.2) is 4.79 Å². The number of benzene rings is 1. The van der Waals surface area contributed by atoms with Crippen LogP contribution in [0.3, 0.4) is 0 Å². The van der Waals surface area contributed by atoms with E-state index in [0.29, 0.717) is 5.92 Å².